The summed E-state index contributed by atoms with van der Waals surface area (Å²) in [4.78, 5) is 32.9. The fourth-order valence-electron chi connectivity index (χ4n) is 3.95. The first-order valence-corrected chi connectivity index (χ1v) is 10.6. The lowest BCUT2D eigenvalue weighted by Crippen LogP contribution is -2.48. The number of nitrogens with zero attached hydrogens (tertiary/aromatic N) is 3. The minimum Gasteiger partial charge on any atom is -0.368 e. The summed E-state index contributed by atoms with van der Waals surface area (Å²) in [6.07, 6.45) is 0. The number of imide groups is 1. The first-order valence-electron chi connectivity index (χ1n) is 9.70. The summed E-state index contributed by atoms with van der Waals surface area (Å²) in [6, 6.07) is 12.2. The first kappa shape index (κ1) is 18.7. The Hall–Kier alpha value is -2.60. The number of thiophene rings is 1. The summed E-state index contributed by atoms with van der Waals surface area (Å²) < 4.78 is 0. The van der Waals surface area contributed by atoms with Crippen molar-refractivity contribution in [1.29, 1.82) is 0 Å². The number of aryl methyl sites for hydroxylation is 1. The average Bonchev–Trinajstić information content (AvgIpc) is 3.27. The molecule has 1 aromatic heterocycles. The van der Waals surface area contributed by atoms with E-state index in [2.05, 4.69) is 41.0 Å². The van der Waals surface area contributed by atoms with Gasteiger partial charge < -0.3 is 9.80 Å². The van der Waals surface area contributed by atoms with Crippen LogP contribution in [0.5, 0.6) is 0 Å². The molecule has 6 heteroatoms. The molecule has 0 spiro atoms. The molecule has 0 saturated carbocycles. The summed E-state index contributed by atoms with van der Waals surface area (Å²) in [7, 11) is 0. The largest absolute Gasteiger partial charge is 0.368 e. The molecule has 2 aliphatic heterocycles. The number of amides is 2. The van der Waals surface area contributed by atoms with Crippen LogP contribution >= 0.6 is 11.3 Å². The maximum Gasteiger partial charge on any atom is 0.278 e. The molecule has 4 rings (SSSR count). The molecule has 0 atom stereocenters. The molecule has 0 N–H and O–H groups in total. The number of piperazine rings is 1. The molecule has 2 aromatic rings. The molecule has 1 fully saturated rings. The summed E-state index contributed by atoms with van der Waals surface area (Å²) in [5.41, 5.74) is 3.60. The quantitative estimate of drug-likeness (QED) is 0.745. The second kappa shape index (κ2) is 7.43. The van der Waals surface area contributed by atoms with E-state index in [-0.39, 0.29) is 17.9 Å². The average molecular weight is 396 g/mol. The molecule has 5 nitrogen and oxygen atoms in total. The molecule has 1 aromatic carbocycles. The number of carbonyl (C=O) groups excluding carboxylic acids is 2. The second-order valence-electron chi connectivity index (χ2n) is 7.59. The van der Waals surface area contributed by atoms with Crippen LogP contribution in [0.3, 0.4) is 0 Å². The smallest absolute Gasteiger partial charge is 0.278 e. The van der Waals surface area contributed by atoms with Gasteiger partial charge >= 0.3 is 0 Å². The molecule has 2 amide bonds. The lowest BCUT2D eigenvalue weighted by Gasteiger charge is -2.38. The van der Waals surface area contributed by atoms with Crippen LogP contribution in [-0.4, -0.2) is 53.8 Å². The standard InChI is InChI=1S/C22H25N3O2S/c1-15(2)25-21(26)19(18-8-5-13-28-18)20(22(25)27)24-11-9-23(10-12-24)17-7-4-6-16(3)14-17/h4-8,13-15H,9-12H2,1-3H3. The van der Waals surface area contributed by atoms with E-state index in [1.807, 2.05) is 31.4 Å². The number of hydrogen-bond donors (Lipinski definition) is 0. The van der Waals surface area contributed by atoms with E-state index in [0.29, 0.717) is 11.3 Å². The highest BCUT2D eigenvalue weighted by Gasteiger charge is 2.43. The van der Waals surface area contributed by atoms with Crippen molar-refractivity contribution in [3.63, 3.8) is 0 Å². The van der Waals surface area contributed by atoms with Crippen molar-refractivity contribution in [2.75, 3.05) is 31.1 Å². The van der Waals surface area contributed by atoms with Gasteiger partial charge in [0, 0.05) is 42.8 Å². The number of anilines is 1. The third-order valence-corrected chi connectivity index (χ3v) is 6.22. The fourth-order valence-corrected chi connectivity index (χ4v) is 4.72. The molecular formula is C22H25N3O2S. The third-order valence-electron chi connectivity index (χ3n) is 5.34. The highest BCUT2D eigenvalue weighted by Crippen LogP contribution is 2.35. The van der Waals surface area contributed by atoms with E-state index in [0.717, 1.165) is 31.1 Å². The zero-order chi connectivity index (χ0) is 19.8. The molecule has 0 aliphatic carbocycles. The van der Waals surface area contributed by atoms with E-state index in [4.69, 9.17) is 0 Å². The first-order chi connectivity index (χ1) is 13.5. The molecule has 0 bridgehead atoms. The Morgan fingerprint density at radius 2 is 1.64 bits per heavy atom. The zero-order valence-corrected chi connectivity index (χ0v) is 17.3. The molecule has 146 valence electrons. The lowest BCUT2D eigenvalue weighted by molar-refractivity contribution is -0.139. The molecular weight excluding hydrogens is 370 g/mol. The van der Waals surface area contributed by atoms with Gasteiger partial charge in [0.05, 0.1) is 5.57 Å². The Bertz CT molecular complexity index is 925. The van der Waals surface area contributed by atoms with Crippen LogP contribution in [0.15, 0.2) is 47.5 Å². The summed E-state index contributed by atoms with van der Waals surface area (Å²) in [6.45, 7) is 8.98. The van der Waals surface area contributed by atoms with Gasteiger partial charge in [-0.2, -0.15) is 0 Å². The van der Waals surface area contributed by atoms with Crippen molar-refractivity contribution >= 4 is 34.4 Å². The van der Waals surface area contributed by atoms with Crippen LogP contribution in [-0.2, 0) is 9.59 Å². The molecule has 28 heavy (non-hydrogen) atoms. The number of hydrogen-bond acceptors (Lipinski definition) is 5. The van der Waals surface area contributed by atoms with Gasteiger partial charge in [-0.05, 0) is 49.9 Å². The highest BCUT2D eigenvalue weighted by molar-refractivity contribution is 7.11. The van der Waals surface area contributed by atoms with Crippen molar-refractivity contribution < 1.29 is 9.59 Å². The fraction of sp³-hybridized carbons (Fsp3) is 0.364. The van der Waals surface area contributed by atoms with E-state index < -0.39 is 0 Å². The van der Waals surface area contributed by atoms with Gasteiger partial charge in [0.15, 0.2) is 0 Å². The second-order valence-corrected chi connectivity index (χ2v) is 8.54. The van der Waals surface area contributed by atoms with E-state index in [1.165, 1.54) is 27.5 Å². The minimum atomic E-state index is -0.168. The topological polar surface area (TPSA) is 43.9 Å². The number of carbonyl (C=O) groups is 2. The Morgan fingerprint density at radius 3 is 2.25 bits per heavy atom. The van der Waals surface area contributed by atoms with Crippen molar-refractivity contribution in [2.45, 2.75) is 26.8 Å². The van der Waals surface area contributed by atoms with Gasteiger partial charge in [0.25, 0.3) is 11.8 Å². The third kappa shape index (κ3) is 3.22. The summed E-state index contributed by atoms with van der Waals surface area (Å²) in [5, 5.41) is 1.95. The summed E-state index contributed by atoms with van der Waals surface area (Å²) >= 11 is 1.51. The number of rotatable bonds is 4. The SMILES string of the molecule is Cc1cccc(N2CCN(C3=C(c4cccs4)C(=O)N(C(C)C)C3=O)CC2)c1. The van der Waals surface area contributed by atoms with E-state index >= 15 is 0 Å². The van der Waals surface area contributed by atoms with Crippen molar-refractivity contribution in [3.8, 4) is 0 Å². The number of benzene rings is 1. The predicted molar refractivity (Wildman–Crippen MR) is 113 cm³/mol. The van der Waals surface area contributed by atoms with Gasteiger partial charge in [0.2, 0.25) is 0 Å². The van der Waals surface area contributed by atoms with Crippen LogP contribution in [0.4, 0.5) is 5.69 Å². The van der Waals surface area contributed by atoms with Gasteiger partial charge in [0.1, 0.15) is 5.70 Å². The van der Waals surface area contributed by atoms with E-state index in [1.54, 1.807) is 0 Å². The maximum absolute atomic E-state index is 13.2. The molecule has 3 heterocycles. The van der Waals surface area contributed by atoms with Crippen LogP contribution in [0.25, 0.3) is 5.57 Å². The molecule has 0 unspecified atom stereocenters. The Morgan fingerprint density at radius 1 is 0.929 bits per heavy atom. The van der Waals surface area contributed by atoms with Crippen molar-refractivity contribution in [2.24, 2.45) is 0 Å². The monoisotopic (exact) mass is 395 g/mol. The zero-order valence-electron chi connectivity index (χ0n) is 16.5. The van der Waals surface area contributed by atoms with Crippen molar-refractivity contribution in [3.05, 3.63) is 57.9 Å². The maximum atomic E-state index is 13.2. The molecule has 0 radical (unpaired) electrons. The predicted octanol–water partition coefficient (Wildman–Crippen LogP) is 3.37. The van der Waals surface area contributed by atoms with Gasteiger partial charge in [-0.3, -0.25) is 14.5 Å². The normalized spacial score (nSPS) is 18.1. The minimum absolute atomic E-state index is 0.152. The van der Waals surface area contributed by atoms with Crippen LogP contribution in [0.1, 0.15) is 24.3 Å². The Balaban J connectivity index is 1.61. The van der Waals surface area contributed by atoms with Crippen molar-refractivity contribution in [1.82, 2.24) is 9.80 Å². The van der Waals surface area contributed by atoms with Crippen LogP contribution in [0.2, 0.25) is 0 Å². The van der Waals surface area contributed by atoms with Gasteiger partial charge in [-0.25, -0.2) is 0 Å². The van der Waals surface area contributed by atoms with E-state index in [9.17, 15) is 9.59 Å². The highest BCUT2D eigenvalue weighted by atomic mass is 32.1. The lowest BCUT2D eigenvalue weighted by atomic mass is 10.1. The van der Waals surface area contributed by atoms with Gasteiger partial charge in [-0.1, -0.05) is 18.2 Å². The van der Waals surface area contributed by atoms with Crippen LogP contribution in [0, 0.1) is 6.92 Å². The molecule has 1 saturated heterocycles. The molecule has 2 aliphatic rings. The Labute approximate surface area is 169 Å². The Kier molecular flexibility index (Phi) is 4.98. The van der Waals surface area contributed by atoms with Gasteiger partial charge in [-0.15, -0.1) is 11.3 Å². The van der Waals surface area contributed by atoms with Crippen LogP contribution < -0.4 is 4.90 Å². The summed E-state index contributed by atoms with van der Waals surface area (Å²) in [5.74, 6) is -0.328.